The monoisotopic (exact) mass is 265 g/mol. The molecule has 0 saturated carbocycles. The molecule has 0 aromatic carbocycles. The van der Waals surface area contributed by atoms with Gasteiger partial charge in [0.2, 0.25) is 0 Å². The Labute approximate surface area is 114 Å². The lowest BCUT2D eigenvalue weighted by atomic mass is 9.90. The molecule has 3 rings (SSSR count). The lowest BCUT2D eigenvalue weighted by molar-refractivity contribution is 0.0550. The van der Waals surface area contributed by atoms with Crippen molar-refractivity contribution in [1.82, 2.24) is 5.32 Å². The predicted octanol–water partition coefficient (Wildman–Crippen LogP) is 3.31. The number of hydrogen-bond donors (Lipinski definition) is 1. The summed E-state index contributed by atoms with van der Waals surface area (Å²) < 4.78 is 5.49. The van der Waals surface area contributed by atoms with E-state index in [1.807, 2.05) is 0 Å². The van der Waals surface area contributed by atoms with Crippen LogP contribution in [0.1, 0.15) is 47.0 Å². The van der Waals surface area contributed by atoms with E-state index < -0.39 is 0 Å². The summed E-state index contributed by atoms with van der Waals surface area (Å²) in [7, 11) is 2.11. The molecule has 3 heteroatoms. The van der Waals surface area contributed by atoms with Crippen molar-refractivity contribution < 1.29 is 4.74 Å². The molecule has 1 atom stereocenters. The summed E-state index contributed by atoms with van der Waals surface area (Å²) in [6.07, 6.45) is 7.78. The normalized spacial score (nSPS) is 22.7. The SMILES string of the molecule is CNC(c1cc2c(s1)CCCC2)C1CCOCC1. The molecule has 1 aromatic rings. The summed E-state index contributed by atoms with van der Waals surface area (Å²) >= 11 is 2.06. The molecule has 1 N–H and O–H groups in total. The molecule has 0 radical (unpaired) electrons. The highest BCUT2D eigenvalue weighted by Gasteiger charge is 2.26. The van der Waals surface area contributed by atoms with Gasteiger partial charge in [-0.25, -0.2) is 0 Å². The van der Waals surface area contributed by atoms with Gasteiger partial charge >= 0.3 is 0 Å². The molecule has 2 nitrogen and oxygen atoms in total. The highest BCUT2D eigenvalue weighted by Crippen LogP contribution is 2.37. The average Bonchev–Trinajstić information content (AvgIpc) is 2.84. The lowest BCUT2D eigenvalue weighted by Gasteiger charge is -2.29. The molecule has 1 fully saturated rings. The van der Waals surface area contributed by atoms with E-state index >= 15 is 0 Å². The minimum Gasteiger partial charge on any atom is -0.381 e. The van der Waals surface area contributed by atoms with E-state index in [1.165, 1.54) is 38.5 Å². The molecule has 1 unspecified atom stereocenters. The Morgan fingerprint density at radius 2 is 2.06 bits per heavy atom. The second kappa shape index (κ2) is 5.72. The minimum absolute atomic E-state index is 0.546. The van der Waals surface area contributed by atoms with Crippen LogP contribution in [0.5, 0.6) is 0 Å². The molecule has 100 valence electrons. The Morgan fingerprint density at radius 3 is 2.78 bits per heavy atom. The van der Waals surface area contributed by atoms with Crippen molar-refractivity contribution in [3.63, 3.8) is 0 Å². The van der Waals surface area contributed by atoms with Crippen molar-refractivity contribution in [1.29, 1.82) is 0 Å². The van der Waals surface area contributed by atoms with Crippen LogP contribution in [0.25, 0.3) is 0 Å². The number of nitrogens with one attached hydrogen (secondary N) is 1. The number of thiophene rings is 1. The first-order valence-corrected chi connectivity index (χ1v) is 8.06. The van der Waals surface area contributed by atoms with Gasteiger partial charge in [0.15, 0.2) is 0 Å². The molecule has 18 heavy (non-hydrogen) atoms. The standard InChI is InChI=1S/C15H23NOS/c1-16-15(11-6-8-17-9-7-11)14-10-12-4-2-3-5-13(12)18-14/h10-11,15-16H,2-9H2,1H3. The first-order valence-electron chi connectivity index (χ1n) is 7.25. The van der Waals surface area contributed by atoms with Gasteiger partial charge in [-0.2, -0.15) is 0 Å². The van der Waals surface area contributed by atoms with Crippen LogP contribution >= 0.6 is 11.3 Å². The molecule has 0 amide bonds. The molecule has 1 aliphatic carbocycles. The van der Waals surface area contributed by atoms with Gasteiger partial charge in [-0.1, -0.05) is 0 Å². The van der Waals surface area contributed by atoms with Gasteiger partial charge in [0, 0.05) is 29.0 Å². The zero-order chi connectivity index (χ0) is 12.4. The van der Waals surface area contributed by atoms with Crippen molar-refractivity contribution in [3.8, 4) is 0 Å². The van der Waals surface area contributed by atoms with E-state index in [4.69, 9.17) is 4.74 Å². The molecular formula is C15H23NOS. The number of rotatable bonds is 3. The summed E-state index contributed by atoms with van der Waals surface area (Å²) in [4.78, 5) is 3.22. The zero-order valence-electron chi connectivity index (χ0n) is 11.2. The third kappa shape index (κ3) is 2.49. The van der Waals surface area contributed by atoms with Gasteiger partial charge in [-0.05, 0) is 63.1 Å². The fraction of sp³-hybridized carbons (Fsp3) is 0.733. The van der Waals surface area contributed by atoms with E-state index in [2.05, 4.69) is 29.8 Å². The van der Waals surface area contributed by atoms with Gasteiger partial charge in [-0.15, -0.1) is 11.3 Å². The van der Waals surface area contributed by atoms with E-state index in [-0.39, 0.29) is 0 Å². The second-order valence-electron chi connectivity index (χ2n) is 5.52. The smallest absolute Gasteiger partial charge is 0.0469 e. The molecular weight excluding hydrogens is 242 g/mol. The summed E-state index contributed by atoms with van der Waals surface area (Å²) in [6, 6.07) is 3.03. The molecule has 1 aromatic heterocycles. The first-order chi connectivity index (χ1) is 8.88. The van der Waals surface area contributed by atoms with Crippen LogP contribution in [0.15, 0.2) is 6.07 Å². The molecule has 1 aliphatic heterocycles. The maximum atomic E-state index is 5.49. The maximum absolute atomic E-state index is 5.49. The molecule has 2 heterocycles. The summed E-state index contributed by atoms with van der Waals surface area (Å²) in [6.45, 7) is 1.88. The molecule has 0 bridgehead atoms. The van der Waals surface area contributed by atoms with Gasteiger partial charge in [0.05, 0.1) is 0 Å². The Balaban J connectivity index is 1.79. The predicted molar refractivity (Wildman–Crippen MR) is 76.3 cm³/mol. The van der Waals surface area contributed by atoms with Crippen LogP contribution in [0, 0.1) is 5.92 Å². The van der Waals surface area contributed by atoms with Crippen LogP contribution < -0.4 is 5.32 Å². The Kier molecular flexibility index (Phi) is 4.02. The van der Waals surface area contributed by atoms with Crippen molar-refractivity contribution in [3.05, 3.63) is 21.4 Å². The van der Waals surface area contributed by atoms with Crippen molar-refractivity contribution in [2.24, 2.45) is 5.92 Å². The van der Waals surface area contributed by atoms with Gasteiger partial charge in [-0.3, -0.25) is 0 Å². The van der Waals surface area contributed by atoms with Crippen molar-refractivity contribution >= 4 is 11.3 Å². The highest BCUT2D eigenvalue weighted by atomic mass is 32.1. The van der Waals surface area contributed by atoms with Gasteiger partial charge < -0.3 is 10.1 Å². The van der Waals surface area contributed by atoms with Gasteiger partial charge in [0.1, 0.15) is 0 Å². The Morgan fingerprint density at radius 1 is 1.28 bits per heavy atom. The van der Waals surface area contributed by atoms with Crippen LogP contribution in [0.3, 0.4) is 0 Å². The Hall–Kier alpha value is -0.380. The zero-order valence-corrected chi connectivity index (χ0v) is 12.0. The third-order valence-corrected chi connectivity index (χ3v) is 5.69. The lowest BCUT2D eigenvalue weighted by Crippen LogP contribution is -2.29. The summed E-state index contributed by atoms with van der Waals surface area (Å²) in [5.41, 5.74) is 1.63. The fourth-order valence-electron chi connectivity index (χ4n) is 3.33. The number of fused-ring (bicyclic) bond motifs is 1. The van der Waals surface area contributed by atoms with E-state index in [0.717, 1.165) is 19.1 Å². The minimum atomic E-state index is 0.546. The molecule has 2 aliphatic rings. The third-order valence-electron chi connectivity index (χ3n) is 4.37. The van der Waals surface area contributed by atoms with Crippen LogP contribution in [-0.2, 0) is 17.6 Å². The van der Waals surface area contributed by atoms with Crippen LogP contribution in [-0.4, -0.2) is 20.3 Å². The summed E-state index contributed by atoms with van der Waals surface area (Å²) in [5.74, 6) is 0.754. The van der Waals surface area contributed by atoms with Crippen molar-refractivity contribution in [2.45, 2.75) is 44.6 Å². The number of ether oxygens (including phenoxy) is 1. The largest absolute Gasteiger partial charge is 0.381 e. The quantitative estimate of drug-likeness (QED) is 0.905. The fourth-order valence-corrected chi connectivity index (χ4v) is 4.79. The van der Waals surface area contributed by atoms with E-state index in [1.54, 1.807) is 15.3 Å². The average molecular weight is 265 g/mol. The second-order valence-corrected chi connectivity index (χ2v) is 6.69. The van der Waals surface area contributed by atoms with Crippen LogP contribution in [0.4, 0.5) is 0 Å². The Bertz CT molecular complexity index is 372. The van der Waals surface area contributed by atoms with Crippen LogP contribution in [0.2, 0.25) is 0 Å². The first kappa shape index (κ1) is 12.6. The highest BCUT2D eigenvalue weighted by molar-refractivity contribution is 7.12. The topological polar surface area (TPSA) is 21.3 Å². The van der Waals surface area contributed by atoms with Crippen molar-refractivity contribution in [2.75, 3.05) is 20.3 Å². The molecule has 0 spiro atoms. The van der Waals surface area contributed by atoms with Gasteiger partial charge in [0.25, 0.3) is 0 Å². The van der Waals surface area contributed by atoms with E-state index in [0.29, 0.717) is 6.04 Å². The number of aryl methyl sites for hydroxylation is 2. The maximum Gasteiger partial charge on any atom is 0.0469 e. The summed E-state index contributed by atoms with van der Waals surface area (Å²) in [5, 5.41) is 3.55. The molecule has 1 saturated heterocycles. The van der Waals surface area contributed by atoms with E-state index in [9.17, 15) is 0 Å². The number of hydrogen-bond acceptors (Lipinski definition) is 3.